The molecule has 0 bridgehead atoms. The van der Waals surface area contributed by atoms with Gasteiger partial charge in [0.1, 0.15) is 18.3 Å². The van der Waals surface area contributed by atoms with E-state index in [4.69, 9.17) is 18.9 Å². The Morgan fingerprint density at radius 1 is 0.604 bits per heavy atom. The lowest BCUT2D eigenvalue weighted by Gasteiger charge is -2.46. The Hall–Kier alpha value is -4.04. The van der Waals surface area contributed by atoms with Gasteiger partial charge in [0.05, 0.1) is 37.8 Å². The zero-order valence-corrected chi connectivity index (χ0v) is 28.0. The molecule has 1 aliphatic rings. The second-order valence-corrected chi connectivity index (χ2v) is 13.4. The van der Waals surface area contributed by atoms with Gasteiger partial charge in [-0.3, -0.25) is 4.79 Å². The van der Waals surface area contributed by atoms with Crippen molar-refractivity contribution < 1.29 is 23.7 Å². The summed E-state index contributed by atoms with van der Waals surface area (Å²) in [5, 5.41) is -0.241. The highest BCUT2D eigenvalue weighted by Crippen LogP contribution is 2.40. The summed E-state index contributed by atoms with van der Waals surface area (Å²) in [6, 6.07) is 48.4. The van der Waals surface area contributed by atoms with Gasteiger partial charge in [0, 0.05) is 16.9 Å². The first kappa shape index (κ1) is 33.8. The predicted octanol–water partition coefficient (Wildman–Crippen LogP) is 8.88. The molecule has 5 atom stereocenters. The molecule has 0 spiro atoms. The van der Waals surface area contributed by atoms with E-state index < -0.39 is 24.4 Å². The molecule has 246 valence electrons. The largest absolute Gasteiger partial charge is 0.374 e. The Balaban J connectivity index is 1.34. The van der Waals surface area contributed by atoms with E-state index in [1.807, 2.05) is 97.1 Å². The maximum absolute atomic E-state index is 13.7. The maximum atomic E-state index is 13.7. The predicted molar refractivity (Wildman–Crippen MR) is 191 cm³/mol. The van der Waals surface area contributed by atoms with Gasteiger partial charge < -0.3 is 18.9 Å². The van der Waals surface area contributed by atoms with Crippen molar-refractivity contribution >= 4 is 17.5 Å². The summed E-state index contributed by atoms with van der Waals surface area (Å²) in [7, 11) is 0. The normalized spacial score (nSPS) is 20.7. The molecule has 48 heavy (non-hydrogen) atoms. The highest BCUT2D eigenvalue weighted by Gasteiger charge is 2.48. The van der Waals surface area contributed by atoms with Gasteiger partial charge in [-0.25, -0.2) is 0 Å². The van der Waals surface area contributed by atoms with E-state index in [0.717, 1.165) is 21.6 Å². The van der Waals surface area contributed by atoms with E-state index in [0.29, 0.717) is 25.4 Å². The van der Waals surface area contributed by atoms with Crippen molar-refractivity contribution in [3.63, 3.8) is 0 Å². The average molecular weight is 659 g/mol. The fraction of sp³-hybridized carbons (Fsp3) is 0.262. The highest BCUT2D eigenvalue weighted by atomic mass is 32.2. The number of carbonyl (C=O) groups excluding carboxylic acids is 1. The Kier molecular flexibility index (Phi) is 12.3. The molecule has 0 N–H and O–H groups in total. The Morgan fingerprint density at radius 3 is 1.67 bits per heavy atom. The van der Waals surface area contributed by atoms with Crippen LogP contribution in [0.25, 0.3) is 0 Å². The van der Waals surface area contributed by atoms with E-state index in [9.17, 15) is 4.79 Å². The molecule has 1 aliphatic heterocycles. The van der Waals surface area contributed by atoms with Crippen LogP contribution < -0.4 is 0 Å². The van der Waals surface area contributed by atoms with Crippen LogP contribution in [0, 0.1) is 6.92 Å². The number of hydrogen-bond donors (Lipinski definition) is 0. The molecule has 1 saturated heterocycles. The lowest BCUT2D eigenvalue weighted by atomic mass is 9.92. The second-order valence-electron chi connectivity index (χ2n) is 12.1. The maximum Gasteiger partial charge on any atom is 0.165 e. The monoisotopic (exact) mass is 658 g/mol. The molecule has 0 radical (unpaired) electrons. The van der Waals surface area contributed by atoms with Crippen molar-refractivity contribution in [3.05, 3.63) is 173 Å². The summed E-state index contributed by atoms with van der Waals surface area (Å²) < 4.78 is 26.9. The van der Waals surface area contributed by atoms with Gasteiger partial charge in [0.2, 0.25) is 0 Å². The van der Waals surface area contributed by atoms with Crippen molar-refractivity contribution in [2.24, 2.45) is 0 Å². The molecule has 5 aromatic rings. The minimum atomic E-state index is -0.471. The fourth-order valence-corrected chi connectivity index (χ4v) is 7.21. The standard InChI is InChI=1S/C42H42O5S/c1-31-22-24-36(25-23-31)48-42-38(26-37(43)35-20-12-5-13-21-35)47-39(30-44-27-32-14-6-2-7-15-32)40(45-28-33-16-8-3-9-17-33)41(42)46-29-34-18-10-4-11-19-34/h2-25,38-42H,26-30H2,1H3/t38-,39+,40+,41-,42-/m0/s1. The smallest absolute Gasteiger partial charge is 0.165 e. The van der Waals surface area contributed by atoms with E-state index in [1.54, 1.807) is 11.8 Å². The van der Waals surface area contributed by atoms with Gasteiger partial charge in [-0.15, -0.1) is 11.8 Å². The summed E-state index contributed by atoms with van der Waals surface area (Å²) in [4.78, 5) is 14.8. The van der Waals surface area contributed by atoms with E-state index in [-0.39, 0.29) is 24.1 Å². The summed E-state index contributed by atoms with van der Waals surface area (Å²) in [5.41, 5.74) is 5.06. The SMILES string of the molecule is Cc1ccc(S[C@@H]2[C@@H](OCc3ccccc3)[C@H](OCc3ccccc3)[C@@H](COCc3ccccc3)O[C@H]2CC(=O)c2ccccc2)cc1. The lowest BCUT2D eigenvalue weighted by molar-refractivity contribution is -0.215. The summed E-state index contributed by atoms with van der Waals surface area (Å²) in [6.45, 7) is 3.61. The minimum absolute atomic E-state index is 0.0320. The van der Waals surface area contributed by atoms with Crippen molar-refractivity contribution in [2.75, 3.05) is 6.61 Å². The molecule has 1 fully saturated rings. The molecule has 5 nitrogen and oxygen atoms in total. The number of Topliss-reactive ketones (excluding diaryl/α,β-unsaturated/α-hetero) is 1. The van der Waals surface area contributed by atoms with Crippen LogP contribution >= 0.6 is 11.8 Å². The number of carbonyl (C=O) groups is 1. The number of thioether (sulfide) groups is 1. The molecule has 6 heteroatoms. The molecule has 0 amide bonds. The number of ether oxygens (including phenoxy) is 4. The van der Waals surface area contributed by atoms with Crippen molar-refractivity contribution in [1.29, 1.82) is 0 Å². The quantitative estimate of drug-likeness (QED) is 0.105. The Morgan fingerprint density at radius 2 is 1.10 bits per heavy atom. The van der Waals surface area contributed by atoms with Gasteiger partial charge in [-0.1, -0.05) is 139 Å². The van der Waals surface area contributed by atoms with Crippen molar-refractivity contribution in [3.8, 4) is 0 Å². The van der Waals surface area contributed by atoms with E-state index >= 15 is 0 Å². The third kappa shape index (κ3) is 9.53. The third-order valence-electron chi connectivity index (χ3n) is 8.47. The molecular weight excluding hydrogens is 617 g/mol. The molecule has 0 aliphatic carbocycles. The Bertz CT molecular complexity index is 1670. The second kappa shape index (κ2) is 17.4. The van der Waals surface area contributed by atoms with Gasteiger partial charge in [0.25, 0.3) is 0 Å². The first-order valence-electron chi connectivity index (χ1n) is 16.5. The van der Waals surface area contributed by atoms with Crippen molar-refractivity contribution in [2.45, 2.75) is 67.7 Å². The van der Waals surface area contributed by atoms with Crippen molar-refractivity contribution in [1.82, 2.24) is 0 Å². The zero-order valence-electron chi connectivity index (χ0n) is 27.2. The number of ketones is 1. The third-order valence-corrected chi connectivity index (χ3v) is 9.86. The van der Waals surface area contributed by atoms with Crippen LogP contribution in [0.3, 0.4) is 0 Å². The van der Waals surface area contributed by atoms with Gasteiger partial charge in [-0.05, 0) is 35.7 Å². The first-order valence-corrected chi connectivity index (χ1v) is 17.4. The molecule has 0 saturated carbocycles. The fourth-order valence-electron chi connectivity index (χ4n) is 5.92. The summed E-state index contributed by atoms with van der Waals surface area (Å²) >= 11 is 1.69. The molecule has 6 rings (SSSR count). The van der Waals surface area contributed by atoms with Gasteiger partial charge >= 0.3 is 0 Å². The van der Waals surface area contributed by atoms with E-state index in [1.165, 1.54) is 5.56 Å². The molecule has 0 unspecified atom stereocenters. The average Bonchev–Trinajstić information content (AvgIpc) is 3.14. The molecule has 5 aromatic carbocycles. The Labute approximate surface area is 288 Å². The lowest BCUT2D eigenvalue weighted by Crippen LogP contribution is -2.59. The number of benzene rings is 5. The number of rotatable bonds is 15. The summed E-state index contributed by atoms with van der Waals surface area (Å²) in [5.74, 6) is 0.0320. The van der Waals surface area contributed by atoms with Crippen LogP contribution in [0.4, 0.5) is 0 Å². The first-order chi connectivity index (χ1) is 23.6. The number of aryl methyl sites for hydroxylation is 1. The van der Waals surface area contributed by atoms with Crippen LogP contribution in [0.5, 0.6) is 0 Å². The van der Waals surface area contributed by atoms with Crippen LogP contribution in [0.2, 0.25) is 0 Å². The van der Waals surface area contributed by atoms with E-state index in [2.05, 4.69) is 55.5 Å². The number of hydrogen-bond acceptors (Lipinski definition) is 6. The molecule has 0 aromatic heterocycles. The van der Waals surface area contributed by atoms with Crippen LogP contribution in [0.1, 0.15) is 39.0 Å². The molecule has 1 heterocycles. The van der Waals surface area contributed by atoms with Crippen LogP contribution in [0.15, 0.2) is 150 Å². The van der Waals surface area contributed by atoms with Gasteiger partial charge in [0.15, 0.2) is 5.78 Å². The summed E-state index contributed by atoms with van der Waals surface area (Å²) in [6.07, 6.45) is -1.59. The minimum Gasteiger partial charge on any atom is -0.374 e. The zero-order chi connectivity index (χ0) is 33.0. The highest BCUT2D eigenvalue weighted by molar-refractivity contribution is 8.00. The topological polar surface area (TPSA) is 54.0 Å². The van der Waals surface area contributed by atoms with Crippen LogP contribution in [-0.4, -0.2) is 42.1 Å². The van der Waals surface area contributed by atoms with Crippen LogP contribution in [-0.2, 0) is 38.8 Å². The molecular formula is C42H42O5S. The van der Waals surface area contributed by atoms with Gasteiger partial charge in [-0.2, -0.15) is 0 Å².